The van der Waals surface area contributed by atoms with Crippen molar-refractivity contribution in [3.8, 4) is 0 Å². The van der Waals surface area contributed by atoms with Crippen LogP contribution >= 0.6 is 0 Å². The number of aromatic nitrogens is 2. The van der Waals surface area contributed by atoms with E-state index in [-0.39, 0.29) is 49.7 Å². The number of alkyl carbamates (subject to hydrolysis) is 1. The number of amides is 3. The van der Waals surface area contributed by atoms with Gasteiger partial charge in [-0.1, -0.05) is 97.9 Å². The third-order valence-electron chi connectivity index (χ3n) is 7.81. The summed E-state index contributed by atoms with van der Waals surface area (Å²) in [5, 5.41) is 13.5. The number of carbonyl (C=O) groups excluding carboxylic acids is 3. The zero-order chi connectivity index (χ0) is 34.0. The Hall–Kier alpha value is -6.04. The predicted octanol–water partition coefficient (Wildman–Crippen LogP) is 5.19. The van der Waals surface area contributed by atoms with E-state index in [1.54, 1.807) is 24.3 Å². The topological polar surface area (TPSA) is 156 Å². The van der Waals surface area contributed by atoms with Crippen molar-refractivity contribution in [3.05, 3.63) is 142 Å². The summed E-state index contributed by atoms with van der Waals surface area (Å²) in [6, 6.07) is 24.3. The standard InChI is InChI=1S/C36H36N6O6/c1-3-18-41(36(46)48-23-27-12-8-5-9-13-27)30-21-38-32-24(2)19-29(42(32)34(30)44)33(43)39-20-25-14-16-28(17-15-25)31(37)40-35(45)47-22-26-10-6-4-7-11-26/h3-17,21,24,29H,1,18-20,22-23H2,2H3,(H,39,43)(H2,37,40,45)/t24-,29-/m0/s1. The summed E-state index contributed by atoms with van der Waals surface area (Å²) in [7, 11) is 0. The van der Waals surface area contributed by atoms with Gasteiger partial charge in [0.15, 0.2) is 0 Å². The van der Waals surface area contributed by atoms with Crippen LogP contribution in [0.2, 0.25) is 0 Å². The number of fused-ring (bicyclic) bond motifs is 1. The van der Waals surface area contributed by atoms with Crippen LogP contribution in [0.4, 0.5) is 15.3 Å². The van der Waals surface area contributed by atoms with Crippen molar-refractivity contribution < 1.29 is 23.9 Å². The van der Waals surface area contributed by atoms with E-state index in [1.807, 2.05) is 67.6 Å². The van der Waals surface area contributed by atoms with E-state index in [0.29, 0.717) is 17.8 Å². The molecule has 5 rings (SSSR count). The summed E-state index contributed by atoms with van der Waals surface area (Å²) in [6.45, 7) is 5.87. The van der Waals surface area contributed by atoms with Crippen molar-refractivity contribution in [2.75, 3.05) is 11.4 Å². The number of nitrogens with one attached hydrogen (secondary N) is 3. The number of nitrogens with zero attached hydrogens (tertiary/aromatic N) is 3. The number of anilines is 1. The Kier molecular flexibility index (Phi) is 10.8. The molecule has 12 nitrogen and oxygen atoms in total. The summed E-state index contributed by atoms with van der Waals surface area (Å²) in [5.41, 5.74) is 2.28. The SMILES string of the molecule is C=CCN(C(=O)OCc1ccccc1)c1cnc2n(c1=O)[C@H](C(=O)NCc1ccc(C(=N)NC(=O)OCc3ccccc3)cc1)C[C@@H]2C. The zero-order valence-electron chi connectivity index (χ0n) is 26.4. The van der Waals surface area contributed by atoms with Gasteiger partial charge in [-0.05, 0) is 23.1 Å². The molecule has 0 aliphatic carbocycles. The molecule has 3 amide bonds. The minimum atomic E-state index is -0.834. The molecule has 0 unspecified atom stereocenters. The molecular weight excluding hydrogens is 612 g/mol. The Bertz CT molecular complexity index is 1840. The second kappa shape index (κ2) is 15.5. The number of rotatable bonds is 11. The quantitative estimate of drug-likeness (QED) is 0.115. The van der Waals surface area contributed by atoms with Gasteiger partial charge in [0.25, 0.3) is 5.56 Å². The van der Waals surface area contributed by atoms with Crippen LogP contribution in [-0.2, 0) is 34.0 Å². The maximum atomic E-state index is 13.8. The number of carbonyl (C=O) groups is 3. The molecule has 1 aliphatic heterocycles. The predicted molar refractivity (Wildman–Crippen MR) is 180 cm³/mol. The minimum Gasteiger partial charge on any atom is -0.444 e. The largest absolute Gasteiger partial charge is 0.444 e. The molecule has 2 atom stereocenters. The maximum Gasteiger partial charge on any atom is 0.415 e. The molecule has 4 aromatic rings. The first kappa shape index (κ1) is 33.3. The van der Waals surface area contributed by atoms with E-state index in [1.165, 1.54) is 16.8 Å². The Labute approximate surface area is 277 Å². The van der Waals surface area contributed by atoms with E-state index in [2.05, 4.69) is 22.2 Å². The van der Waals surface area contributed by atoms with Gasteiger partial charge in [0.05, 0.1) is 6.20 Å². The highest BCUT2D eigenvalue weighted by atomic mass is 16.6. The van der Waals surface area contributed by atoms with Gasteiger partial charge in [0.2, 0.25) is 5.91 Å². The monoisotopic (exact) mass is 648 g/mol. The zero-order valence-corrected chi connectivity index (χ0v) is 26.4. The van der Waals surface area contributed by atoms with Crippen LogP contribution in [0.3, 0.4) is 0 Å². The van der Waals surface area contributed by atoms with Crippen LogP contribution in [0.5, 0.6) is 0 Å². The van der Waals surface area contributed by atoms with E-state index in [0.717, 1.165) is 21.6 Å². The van der Waals surface area contributed by atoms with Gasteiger partial charge in [-0.3, -0.25) is 29.8 Å². The first-order valence-electron chi connectivity index (χ1n) is 15.4. The van der Waals surface area contributed by atoms with Crippen molar-refractivity contribution in [1.29, 1.82) is 5.41 Å². The fourth-order valence-electron chi connectivity index (χ4n) is 5.32. The Morgan fingerprint density at radius 2 is 1.58 bits per heavy atom. The van der Waals surface area contributed by atoms with Crippen molar-refractivity contribution in [2.45, 2.75) is 45.1 Å². The van der Waals surface area contributed by atoms with Gasteiger partial charge >= 0.3 is 12.2 Å². The van der Waals surface area contributed by atoms with Crippen molar-refractivity contribution in [3.63, 3.8) is 0 Å². The average molecular weight is 649 g/mol. The van der Waals surface area contributed by atoms with Crippen LogP contribution in [0, 0.1) is 5.41 Å². The van der Waals surface area contributed by atoms with Crippen LogP contribution in [0.15, 0.2) is 109 Å². The molecule has 0 spiro atoms. The highest BCUT2D eigenvalue weighted by molar-refractivity contribution is 6.04. The lowest BCUT2D eigenvalue weighted by atomic mass is 10.1. The summed E-state index contributed by atoms with van der Waals surface area (Å²) in [4.78, 5) is 58.0. The first-order chi connectivity index (χ1) is 23.2. The molecule has 2 heterocycles. The third-order valence-corrected chi connectivity index (χ3v) is 7.81. The number of benzene rings is 3. The third kappa shape index (κ3) is 8.02. The van der Waals surface area contributed by atoms with Gasteiger partial charge in [-0.2, -0.15) is 0 Å². The Morgan fingerprint density at radius 1 is 0.958 bits per heavy atom. The van der Waals surface area contributed by atoms with Crippen LogP contribution in [0.25, 0.3) is 0 Å². The van der Waals surface area contributed by atoms with Crippen molar-refractivity contribution in [2.24, 2.45) is 0 Å². The lowest BCUT2D eigenvalue weighted by molar-refractivity contribution is -0.124. The fourth-order valence-corrected chi connectivity index (χ4v) is 5.32. The second-order valence-corrected chi connectivity index (χ2v) is 11.2. The van der Waals surface area contributed by atoms with E-state index < -0.39 is 23.8 Å². The molecule has 48 heavy (non-hydrogen) atoms. The van der Waals surface area contributed by atoms with E-state index in [9.17, 15) is 19.2 Å². The number of amidine groups is 1. The summed E-state index contributed by atoms with van der Waals surface area (Å²) >= 11 is 0. The molecule has 12 heteroatoms. The first-order valence-corrected chi connectivity index (χ1v) is 15.4. The summed E-state index contributed by atoms with van der Waals surface area (Å²) < 4.78 is 12.0. The molecule has 0 fully saturated rings. The second-order valence-electron chi connectivity index (χ2n) is 11.2. The molecule has 0 bridgehead atoms. The lowest BCUT2D eigenvalue weighted by Crippen LogP contribution is -2.40. The molecule has 0 saturated carbocycles. The summed E-state index contributed by atoms with van der Waals surface area (Å²) in [5.74, 6) is -0.212. The molecule has 246 valence electrons. The molecule has 0 saturated heterocycles. The molecular formula is C36H36N6O6. The average Bonchev–Trinajstić information content (AvgIpc) is 3.46. The normalized spacial score (nSPS) is 14.7. The lowest BCUT2D eigenvalue weighted by Gasteiger charge is -2.22. The van der Waals surface area contributed by atoms with Crippen LogP contribution in [-0.4, -0.2) is 40.0 Å². The van der Waals surface area contributed by atoms with Gasteiger partial charge in [0.1, 0.15) is 36.6 Å². The highest BCUT2D eigenvalue weighted by Crippen LogP contribution is 2.33. The van der Waals surface area contributed by atoms with Gasteiger partial charge in [-0.15, -0.1) is 6.58 Å². The maximum absolute atomic E-state index is 13.8. The van der Waals surface area contributed by atoms with Crippen LogP contribution < -0.4 is 21.1 Å². The molecule has 3 aromatic carbocycles. The van der Waals surface area contributed by atoms with Gasteiger partial charge in [0, 0.05) is 24.6 Å². The highest BCUT2D eigenvalue weighted by Gasteiger charge is 2.36. The molecule has 1 aromatic heterocycles. The fraction of sp³-hybridized carbons (Fsp3) is 0.222. The number of hydrogen-bond donors (Lipinski definition) is 3. The summed E-state index contributed by atoms with van der Waals surface area (Å²) in [6.07, 6.45) is 1.71. The Balaban J connectivity index is 1.20. The van der Waals surface area contributed by atoms with Crippen molar-refractivity contribution in [1.82, 2.24) is 20.2 Å². The Morgan fingerprint density at radius 3 is 2.21 bits per heavy atom. The van der Waals surface area contributed by atoms with Gasteiger partial charge < -0.3 is 14.8 Å². The van der Waals surface area contributed by atoms with Crippen LogP contribution in [0.1, 0.15) is 53.4 Å². The number of ether oxygens (including phenoxy) is 2. The van der Waals surface area contributed by atoms with Gasteiger partial charge in [-0.25, -0.2) is 14.6 Å². The van der Waals surface area contributed by atoms with E-state index >= 15 is 0 Å². The van der Waals surface area contributed by atoms with Crippen molar-refractivity contribution >= 4 is 29.6 Å². The van der Waals surface area contributed by atoms with E-state index in [4.69, 9.17) is 14.9 Å². The molecule has 3 N–H and O–H groups in total. The molecule has 0 radical (unpaired) electrons. The minimum absolute atomic E-state index is 0.00809. The smallest absolute Gasteiger partial charge is 0.415 e. The molecule has 1 aliphatic rings. The number of hydrogen-bond acceptors (Lipinski definition) is 8.